The Morgan fingerprint density at radius 3 is 2.56 bits per heavy atom. The number of thiocarbonyl (C=S) groups is 1. The Hall–Kier alpha value is -2.94. The Labute approximate surface area is 222 Å². The number of ether oxygens (including phenoxy) is 2. The molecule has 3 aromatic rings. The van der Waals surface area contributed by atoms with Crippen LogP contribution < -0.4 is 20.3 Å². The second-order valence-corrected chi connectivity index (χ2v) is 10.1. The quantitative estimate of drug-likeness (QED) is 0.390. The van der Waals surface area contributed by atoms with Crippen molar-refractivity contribution in [1.29, 1.82) is 0 Å². The predicted molar refractivity (Wildman–Crippen MR) is 147 cm³/mol. The number of hydrogen-bond acceptors (Lipinski definition) is 6. The Balaban J connectivity index is 1.32. The lowest BCUT2D eigenvalue weighted by Gasteiger charge is -2.31. The van der Waals surface area contributed by atoms with Crippen LogP contribution in [0.1, 0.15) is 31.2 Å². The van der Waals surface area contributed by atoms with Gasteiger partial charge in [-0.1, -0.05) is 54.8 Å². The molecule has 0 bridgehead atoms. The molecule has 2 heterocycles. The smallest absolute Gasteiger partial charge is 0.234 e. The van der Waals surface area contributed by atoms with E-state index in [1.54, 1.807) is 0 Å². The molecule has 2 aromatic carbocycles. The van der Waals surface area contributed by atoms with Crippen molar-refractivity contribution in [1.82, 2.24) is 15.3 Å². The third-order valence-electron chi connectivity index (χ3n) is 6.80. The largest absolute Gasteiger partial charge is 0.439 e. The van der Waals surface area contributed by atoms with E-state index < -0.39 is 0 Å². The third kappa shape index (κ3) is 6.06. The second-order valence-electron chi connectivity index (χ2n) is 9.21. The van der Waals surface area contributed by atoms with E-state index in [1.165, 1.54) is 18.4 Å². The highest BCUT2D eigenvalue weighted by Crippen LogP contribution is 2.41. The van der Waals surface area contributed by atoms with Crippen LogP contribution in [0.3, 0.4) is 0 Å². The van der Waals surface area contributed by atoms with E-state index in [2.05, 4.69) is 32.7 Å². The van der Waals surface area contributed by atoms with Crippen LogP contribution in [-0.4, -0.2) is 47.9 Å². The van der Waals surface area contributed by atoms with Crippen LogP contribution in [0.25, 0.3) is 0 Å². The molecule has 2 aliphatic rings. The van der Waals surface area contributed by atoms with Crippen molar-refractivity contribution in [2.45, 2.75) is 31.1 Å². The lowest BCUT2D eigenvalue weighted by molar-refractivity contribution is 0.122. The minimum Gasteiger partial charge on any atom is -0.439 e. The minimum atomic E-state index is 0.00866. The van der Waals surface area contributed by atoms with Crippen LogP contribution >= 0.6 is 23.8 Å². The average Bonchev–Trinajstić information content (AvgIpc) is 3.39. The number of nitrogens with one attached hydrogen (secondary N) is 2. The molecule has 0 unspecified atom stereocenters. The fourth-order valence-electron chi connectivity index (χ4n) is 4.92. The van der Waals surface area contributed by atoms with E-state index in [0.29, 0.717) is 35.9 Å². The summed E-state index contributed by atoms with van der Waals surface area (Å²) in [5.74, 6) is 2.33. The number of para-hydroxylation sites is 1. The van der Waals surface area contributed by atoms with Crippen molar-refractivity contribution in [3.05, 3.63) is 71.2 Å². The summed E-state index contributed by atoms with van der Waals surface area (Å²) in [5.41, 5.74) is 1.27. The number of nitrogens with zero attached hydrogens (tertiary/aromatic N) is 3. The first kappa shape index (κ1) is 24.7. The topological polar surface area (TPSA) is 71.5 Å². The molecule has 0 atom stereocenters. The first-order chi connectivity index (χ1) is 17.6. The summed E-state index contributed by atoms with van der Waals surface area (Å²) in [6.07, 6.45) is 4.58. The summed E-state index contributed by atoms with van der Waals surface area (Å²) < 4.78 is 11.5. The molecule has 9 heteroatoms. The van der Waals surface area contributed by atoms with Gasteiger partial charge in [-0.15, -0.1) is 0 Å². The molecule has 1 saturated carbocycles. The highest BCUT2D eigenvalue weighted by molar-refractivity contribution is 7.80. The van der Waals surface area contributed by atoms with Crippen LogP contribution in [0, 0.1) is 0 Å². The Morgan fingerprint density at radius 2 is 1.81 bits per heavy atom. The van der Waals surface area contributed by atoms with Gasteiger partial charge in [-0.05, 0) is 54.9 Å². The predicted octanol–water partition coefficient (Wildman–Crippen LogP) is 5.56. The molecule has 1 saturated heterocycles. The molecule has 0 amide bonds. The molecule has 7 nitrogen and oxygen atoms in total. The lowest BCUT2D eigenvalue weighted by Crippen LogP contribution is -2.41. The normalized spacial score (nSPS) is 17.0. The van der Waals surface area contributed by atoms with Crippen molar-refractivity contribution in [2.24, 2.45) is 0 Å². The van der Waals surface area contributed by atoms with E-state index >= 15 is 0 Å². The molecule has 1 aromatic heterocycles. The molecule has 5 rings (SSSR count). The average molecular weight is 524 g/mol. The molecule has 188 valence electrons. The maximum absolute atomic E-state index is 6.31. The molecule has 1 aliphatic carbocycles. The maximum Gasteiger partial charge on any atom is 0.234 e. The van der Waals surface area contributed by atoms with Gasteiger partial charge in [0.25, 0.3) is 0 Å². The highest BCUT2D eigenvalue weighted by atomic mass is 35.5. The zero-order valence-electron chi connectivity index (χ0n) is 20.1. The van der Waals surface area contributed by atoms with Gasteiger partial charge in [-0.3, -0.25) is 0 Å². The molecule has 36 heavy (non-hydrogen) atoms. The molecular weight excluding hydrogens is 494 g/mol. The lowest BCUT2D eigenvalue weighted by atomic mass is 9.79. The highest BCUT2D eigenvalue weighted by Gasteiger charge is 2.35. The van der Waals surface area contributed by atoms with E-state index in [0.717, 1.165) is 43.3 Å². The van der Waals surface area contributed by atoms with E-state index in [9.17, 15) is 0 Å². The van der Waals surface area contributed by atoms with Crippen LogP contribution in [0.5, 0.6) is 11.6 Å². The van der Waals surface area contributed by atoms with Crippen molar-refractivity contribution in [2.75, 3.05) is 43.1 Å². The fourth-order valence-corrected chi connectivity index (χ4v) is 5.27. The number of morpholine rings is 1. The summed E-state index contributed by atoms with van der Waals surface area (Å²) in [6, 6.07) is 19.6. The molecule has 2 N–H and O–H groups in total. The summed E-state index contributed by atoms with van der Waals surface area (Å²) in [7, 11) is 0. The summed E-state index contributed by atoms with van der Waals surface area (Å²) in [4.78, 5) is 11.5. The molecular formula is C27H30ClN5O2S. The molecule has 2 fully saturated rings. The first-order valence-electron chi connectivity index (χ1n) is 12.4. The zero-order chi connectivity index (χ0) is 24.8. The molecule has 0 spiro atoms. The van der Waals surface area contributed by atoms with Crippen molar-refractivity contribution in [3.63, 3.8) is 0 Å². The van der Waals surface area contributed by atoms with Gasteiger partial charge in [0.15, 0.2) is 5.11 Å². The van der Waals surface area contributed by atoms with Gasteiger partial charge in [0, 0.05) is 36.1 Å². The molecule has 0 radical (unpaired) electrons. The number of anilines is 2. The Bertz CT molecular complexity index is 1180. The van der Waals surface area contributed by atoms with Gasteiger partial charge in [0.1, 0.15) is 11.6 Å². The van der Waals surface area contributed by atoms with Gasteiger partial charge in [-0.25, -0.2) is 0 Å². The fraction of sp³-hybridized carbons (Fsp3) is 0.370. The number of hydrogen-bond donors (Lipinski definition) is 2. The summed E-state index contributed by atoms with van der Waals surface area (Å²) in [5, 5.41) is 7.85. The van der Waals surface area contributed by atoms with E-state index in [4.69, 9.17) is 38.3 Å². The monoisotopic (exact) mass is 523 g/mol. The van der Waals surface area contributed by atoms with Gasteiger partial charge >= 0.3 is 0 Å². The van der Waals surface area contributed by atoms with Crippen LogP contribution in [-0.2, 0) is 10.2 Å². The summed E-state index contributed by atoms with van der Waals surface area (Å²) in [6.45, 7) is 3.55. The maximum atomic E-state index is 6.31. The van der Waals surface area contributed by atoms with Crippen LogP contribution in [0.2, 0.25) is 5.02 Å². The second kappa shape index (κ2) is 11.4. The zero-order valence-corrected chi connectivity index (χ0v) is 21.7. The first-order valence-corrected chi connectivity index (χ1v) is 13.1. The van der Waals surface area contributed by atoms with Crippen LogP contribution in [0.4, 0.5) is 11.8 Å². The van der Waals surface area contributed by atoms with Gasteiger partial charge in [0.2, 0.25) is 11.8 Å². The van der Waals surface area contributed by atoms with Crippen molar-refractivity contribution < 1.29 is 9.47 Å². The van der Waals surface area contributed by atoms with E-state index in [1.807, 2.05) is 48.5 Å². The number of aromatic nitrogens is 2. The number of rotatable bonds is 7. The third-order valence-corrected chi connectivity index (χ3v) is 7.28. The van der Waals surface area contributed by atoms with Crippen molar-refractivity contribution in [3.8, 4) is 11.6 Å². The number of halogens is 1. The number of benzene rings is 2. The van der Waals surface area contributed by atoms with Gasteiger partial charge in [-0.2, -0.15) is 9.97 Å². The minimum absolute atomic E-state index is 0.00866. The van der Waals surface area contributed by atoms with Crippen molar-refractivity contribution >= 4 is 40.7 Å². The molecule has 1 aliphatic heterocycles. The van der Waals surface area contributed by atoms with Crippen LogP contribution in [0.15, 0.2) is 60.7 Å². The van der Waals surface area contributed by atoms with Gasteiger partial charge < -0.3 is 25.0 Å². The van der Waals surface area contributed by atoms with E-state index in [-0.39, 0.29) is 5.41 Å². The summed E-state index contributed by atoms with van der Waals surface area (Å²) >= 11 is 12.0. The SMILES string of the molecule is S=C(NCC1(c2cccc(Cl)c2)CCCC1)Nc1nc(Oc2ccccc2)cc(N2CCOCC2)n1. The Morgan fingerprint density at radius 1 is 1.03 bits per heavy atom. The Kier molecular flexibility index (Phi) is 7.84. The van der Waals surface area contributed by atoms with Gasteiger partial charge in [0.05, 0.1) is 13.2 Å². The standard InChI is InChI=1S/C27H30ClN5O2S/c28-21-8-6-7-20(17-21)27(11-4-5-12-27)19-29-26(36)32-25-30-23(33-13-15-34-16-14-33)18-24(31-25)35-22-9-2-1-3-10-22/h1-3,6-10,17-18H,4-5,11-16,19H2,(H2,29,30,31,32,36).